The van der Waals surface area contributed by atoms with Gasteiger partial charge in [0.25, 0.3) is 5.91 Å². The van der Waals surface area contributed by atoms with Gasteiger partial charge in [-0.25, -0.2) is 4.79 Å². The SMILES string of the molecule is CC(C)(C)OC(=O)N1CCN(C(=O)c2ccccc2C(=O)c2ccc3c(c2)OCCO3)CC1. The van der Waals surface area contributed by atoms with Crippen LogP contribution >= 0.6 is 0 Å². The van der Waals surface area contributed by atoms with Gasteiger partial charge in [0.05, 0.1) is 5.56 Å². The highest BCUT2D eigenvalue weighted by molar-refractivity contribution is 6.15. The summed E-state index contributed by atoms with van der Waals surface area (Å²) in [5.74, 6) is 0.628. The van der Waals surface area contributed by atoms with Gasteiger partial charge in [-0.1, -0.05) is 18.2 Å². The molecular formula is C25H28N2O6. The second kappa shape index (κ2) is 9.13. The molecule has 1 fully saturated rings. The maximum atomic E-state index is 13.3. The Kier molecular flexibility index (Phi) is 6.26. The van der Waals surface area contributed by atoms with Gasteiger partial charge >= 0.3 is 6.09 Å². The summed E-state index contributed by atoms with van der Waals surface area (Å²) in [6.45, 7) is 7.84. The van der Waals surface area contributed by atoms with E-state index in [1.165, 1.54) is 0 Å². The lowest BCUT2D eigenvalue weighted by atomic mass is 9.97. The lowest BCUT2D eigenvalue weighted by Crippen LogP contribution is -2.51. The third-order valence-electron chi connectivity index (χ3n) is 5.43. The first kappa shape index (κ1) is 22.6. The van der Waals surface area contributed by atoms with Gasteiger partial charge in [0.1, 0.15) is 18.8 Å². The molecule has 2 amide bonds. The number of benzene rings is 2. The topological polar surface area (TPSA) is 85.4 Å². The molecule has 2 aliphatic heterocycles. The van der Waals surface area contributed by atoms with Crippen LogP contribution in [-0.4, -0.2) is 72.6 Å². The molecule has 0 radical (unpaired) electrons. The van der Waals surface area contributed by atoms with Crippen molar-refractivity contribution in [3.05, 3.63) is 59.2 Å². The van der Waals surface area contributed by atoms with E-state index in [4.69, 9.17) is 14.2 Å². The van der Waals surface area contributed by atoms with E-state index in [0.29, 0.717) is 67.6 Å². The standard InChI is InChI=1S/C25H28N2O6/c1-25(2,3)33-24(30)27-12-10-26(11-13-27)23(29)19-7-5-4-6-18(19)22(28)17-8-9-20-21(16-17)32-15-14-31-20/h4-9,16H,10-15H2,1-3H3. The summed E-state index contributed by atoms with van der Waals surface area (Å²) in [5, 5.41) is 0. The van der Waals surface area contributed by atoms with Crippen LogP contribution in [0.15, 0.2) is 42.5 Å². The first-order valence-electron chi connectivity index (χ1n) is 11.0. The molecule has 0 bridgehead atoms. The summed E-state index contributed by atoms with van der Waals surface area (Å²) in [4.78, 5) is 42.1. The Hall–Kier alpha value is -3.55. The van der Waals surface area contributed by atoms with Crippen LogP contribution in [0.3, 0.4) is 0 Å². The minimum absolute atomic E-state index is 0.236. The lowest BCUT2D eigenvalue weighted by Gasteiger charge is -2.35. The molecule has 1 saturated heterocycles. The molecule has 2 aromatic carbocycles. The molecule has 0 saturated carbocycles. The maximum Gasteiger partial charge on any atom is 0.410 e. The predicted octanol–water partition coefficient (Wildman–Crippen LogP) is 3.38. The van der Waals surface area contributed by atoms with E-state index in [-0.39, 0.29) is 17.8 Å². The van der Waals surface area contributed by atoms with E-state index in [1.54, 1.807) is 52.3 Å². The van der Waals surface area contributed by atoms with Crippen LogP contribution in [0.1, 0.15) is 47.1 Å². The van der Waals surface area contributed by atoms with Gasteiger partial charge in [0.15, 0.2) is 17.3 Å². The molecule has 2 aromatic rings. The number of piperazine rings is 1. The third-order valence-corrected chi connectivity index (χ3v) is 5.43. The quantitative estimate of drug-likeness (QED) is 0.664. The number of ketones is 1. The molecule has 2 heterocycles. The number of carbonyl (C=O) groups is 3. The maximum absolute atomic E-state index is 13.3. The summed E-state index contributed by atoms with van der Waals surface area (Å²) in [5.41, 5.74) is 0.517. The number of ether oxygens (including phenoxy) is 3. The minimum atomic E-state index is -0.572. The Labute approximate surface area is 193 Å². The molecule has 33 heavy (non-hydrogen) atoms. The summed E-state index contributed by atoms with van der Waals surface area (Å²) >= 11 is 0. The highest BCUT2D eigenvalue weighted by Gasteiger charge is 2.30. The molecule has 0 aliphatic carbocycles. The zero-order chi connectivity index (χ0) is 23.6. The van der Waals surface area contributed by atoms with Crippen molar-refractivity contribution in [1.29, 1.82) is 0 Å². The van der Waals surface area contributed by atoms with E-state index >= 15 is 0 Å². The fourth-order valence-electron chi connectivity index (χ4n) is 3.80. The van der Waals surface area contributed by atoms with Crippen molar-refractivity contribution >= 4 is 17.8 Å². The van der Waals surface area contributed by atoms with Gasteiger partial charge in [-0.15, -0.1) is 0 Å². The van der Waals surface area contributed by atoms with Crippen molar-refractivity contribution in [2.75, 3.05) is 39.4 Å². The lowest BCUT2D eigenvalue weighted by molar-refractivity contribution is 0.0141. The van der Waals surface area contributed by atoms with Crippen LogP contribution in [0, 0.1) is 0 Å². The van der Waals surface area contributed by atoms with Gasteiger partial charge in [-0.05, 0) is 45.0 Å². The zero-order valence-electron chi connectivity index (χ0n) is 19.1. The molecular weight excluding hydrogens is 424 g/mol. The highest BCUT2D eigenvalue weighted by Crippen LogP contribution is 2.32. The number of fused-ring (bicyclic) bond motifs is 1. The third kappa shape index (κ3) is 5.10. The number of hydrogen-bond acceptors (Lipinski definition) is 6. The van der Waals surface area contributed by atoms with Crippen LogP contribution in [0.25, 0.3) is 0 Å². The molecule has 174 valence electrons. The molecule has 0 unspecified atom stereocenters. The molecule has 0 N–H and O–H groups in total. The van der Waals surface area contributed by atoms with Crippen LogP contribution in [0.4, 0.5) is 4.79 Å². The second-order valence-electron chi connectivity index (χ2n) is 8.99. The summed E-state index contributed by atoms with van der Waals surface area (Å²) in [6, 6.07) is 11.8. The van der Waals surface area contributed by atoms with Crippen molar-refractivity contribution in [2.45, 2.75) is 26.4 Å². The normalized spacial score (nSPS) is 15.7. The Morgan fingerprint density at radius 1 is 0.818 bits per heavy atom. The van der Waals surface area contributed by atoms with Gasteiger partial charge < -0.3 is 24.0 Å². The van der Waals surface area contributed by atoms with E-state index in [9.17, 15) is 14.4 Å². The Balaban J connectivity index is 1.48. The van der Waals surface area contributed by atoms with Crippen LogP contribution in [0.5, 0.6) is 11.5 Å². The molecule has 0 atom stereocenters. The van der Waals surface area contributed by atoms with Gasteiger partial charge in [0, 0.05) is 37.3 Å². The summed E-state index contributed by atoms with van der Waals surface area (Å²) in [7, 11) is 0. The number of nitrogens with zero attached hydrogens (tertiary/aromatic N) is 2. The van der Waals surface area contributed by atoms with Gasteiger partial charge in [-0.2, -0.15) is 0 Å². The fraction of sp³-hybridized carbons (Fsp3) is 0.400. The van der Waals surface area contributed by atoms with E-state index in [1.807, 2.05) is 20.8 Å². The van der Waals surface area contributed by atoms with Crippen molar-refractivity contribution in [1.82, 2.24) is 9.80 Å². The Bertz CT molecular complexity index is 1070. The summed E-state index contributed by atoms with van der Waals surface area (Å²) < 4.78 is 16.5. The van der Waals surface area contributed by atoms with E-state index < -0.39 is 5.60 Å². The number of rotatable bonds is 3. The molecule has 0 spiro atoms. The molecule has 8 heteroatoms. The van der Waals surface area contributed by atoms with Crippen molar-refractivity contribution < 1.29 is 28.6 Å². The van der Waals surface area contributed by atoms with Crippen molar-refractivity contribution in [2.24, 2.45) is 0 Å². The second-order valence-corrected chi connectivity index (χ2v) is 8.99. The van der Waals surface area contributed by atoms with Crippen LogP contribution in [0.2, 0.25) is 0 Å². The van der Waals surface area contributed by atoms with Gasteiger partial charge in [-0.3, -0.25) is 9.59 Å². The van der Waals surface area contributed by atoms with Crippen LogP contribution in [-0.2, 0) is 4.74 Å². The largest absolute Gasteiger partial charge is 0.486 e. The smallest absolute Gasteiger partial charge is 0.410 e. The first-order chi connectivity index (χ1) is 15.7. The van der Waals surface area contributed by atoms with E-state index in [2.05, 4.69) is 0 Å². The molecule has 2 aliphatic rings. The number of amides is 2. The fourth-order valence-corrected chi connectivity index (χ4v) is 3.80. The van der Waals surface area contributed by atoms with Gasteiger partial charge in [0.2, 0.25) is 0 Å². The number of carbonyl (C=O) groups excluding carboxylic acids is 3. The van der Waals surface area contributed by atoms with Crippen LogP contribution < -0.4 is 9.47 Å². The average molecular weight is 453 g/mol. The molecule has 8 nitrogen and oxygen atoms in total. The Morgan fingerprint density at radius 2 is 1.42 bits per heavy atom. The minimum Gasteiger partial charge on any atom is -0.486 e. The monoisotopic (exact) mass is 452 g/mol. The summed E-state index contributed by atoms with van der Waals surface area (Å²) in [6.07, 6.45) is -0.385. The molecule has 4 rings (SSSR count). The molecule has 0 aromatic heterocycles. The first-order valence-corrected chi connectivity index (χ1v) is 11.0. The Morgan fingerprint density at radius 3 is 2.09 bits per heavy atom. The van der Waals surface area contributed by atoms with Crippen molar-refractivity contribution in [3.63, 3.8) is 0 Å². The number of hydrogen-bond donors (Lipinski definition) is 0. The predicted molar refractivity (Wildman–Crippen MR) is 121 cm³/mol. The van der Waals surface area contributed by atoms with E-state index in [0.717, 1.165) is 0 Å². The zero-order valence-corrected chi connectivity index (χ0v) is 19.1. The van der Waals surface area contributed by atoms with Crippen molar-refractivity contribution in [3.8, 4) is 11.5 Å². The highest BCUT2D eigenvalue weighted by atomic mass is 16.6. The average Bonchev–Trinajstić information content (AvgIpc) is 2.82.